The molecule has 19 rings (SSSR count). The van der Waals surface area contributed by atoms with Gasteiger partial charge in [-0.2, -0.15) is 10.5 Å². The molecule has 19 aromatic rings. The highest BCUT2D eigenvalue weighted by atomic mass is 16.3. The summed E-state index contributed by atoms with van der Waals surface area (Å²) in [7, 11) is 0. The van der Waals surface area contributed by atoms with Gasteiger partial charge in [0.05, 0.1) is 61.3 Å². The van der Waals surface area contributed by atoms with Gasteiger partial charge in [-0.1, -0.05) is 146 Å². The van der Waals surface area contributed by atoms with Gasteiger partial charge in [-0.05, 0) is 78.9 Å². The molecular formula is C74H37N5O4. The van der Waals surface area contributed by atoms with E-state index in [1.165, 1.54) is 0 Å². The fourth-order valence-electron chi connectivity index (χ4n) is 14.3. The summed E-state index contributed by atoms with van der Waals surface area (Å²) in [4.78, 5) is 0. The van der Waals surface area contributed by atoms with E-state index in [0.29, 0.717) is 28.2 Å². The van der Waals surface area contributed by atoms with Crippen molar-refractivity contribution < 1.29 is 17.7 Å². The molecular weight excluding hydrogens is 1020 g/mol. The Morgan fingerprint density at radius 3 is 1.05 bits per heavy atom. The summed E-state index contributed by atoms with van der Waals surface area (Å²) in [5.74, 6) is 0. The molecule has 0 saturated carbocycles. The van der Waals surface area contributed by atoms with E-state index in [9.17, 15) is 10.5 Å². The van der Waals surface area contributed by atoms with Crippen LogP contribution in [0, 0.1) is 22.7 Å². The maximum atomic E-state index is 12.6. The van der Waals surface area contributed by atoms with Gasteiger partial charge >= 0.3 is 0 Å². The lowest BCUT2D eigenvalue weighted by molar-refractivity contribution is 0.669. The molecule has 9 heteroatoms. The van der Waals surface area contributed by atoms with Crippen LogP contribution in [0.1, 0.15) is 11.1 Å². The molecule has 0 N–H and O–H groups in total. The van der Waals surface area contributed by atoms with Gasteiger partial charge in [0, 0.05) is 86.5 Å². The van der Waals surface area contributed by atoms with Crippen molar-refractivity contribution in [1.29, 1.82) is 10.5 Å². The van der Waals surface area contributed by atoms with Crippen molar-refractivity contribution in [2.45, 2.75) is 0 Å². The standard InChI is InChI=1S/C74H37N5O4/c75-38-49-50(39-76)72(78-52-26-9-2-18-43(52)65-55(78)33-36-62-68(65)46-21-6-13-30-59(46)81-62)73(79-53-27-10-3-19-44(53)66-56(79)34-37-63-69(66)47-22-7-14-31-60(47)82-63)70(48-24-15-23-41-40-16-4-11-28-57(40)83-74(41)48)71(49)77-51-25-8-1-17-42(51)64-54(77)32-35-61-67(64)45-20-5-12-29-58(45)80-61/h1-37H. The number of nitrogens with zero attached hydrogens (tertiary/aromatic N) is 5. The minimum atomic E-state index is 0.193. The van der Waals surface area contributed by atoms with E-state index in [1.807, 2.05) is 91.0 Å². The average molecular weight is 1060 g/mol. The molecule has 0 aliphatic carbocycles. The van der Waals surface area contributed by atoms with Crippen LogP contribution in [-0.2, 0) is 0 Å². The van der Waals surface area contributed by atoms with Crippen LogP contribution in [0.15, 0.2) is 242 Å². The zero-order valence-corrected chi connectivity index (χ0v) is 43.7. The fraction of sp³-hybridized carbons (Fsp3) is 0. The first-order valence-electron chi connectivity index (χ1n) is 27.6. The molecule has 382 valence electrons. The number of nitriles is 2. The van der Waals surface area contributed by atoms with E-state index < -0.39 is 0 Å². The number of aromatic nitrogens is 3. The van der Waals surface area contributed by atoms with Crippen LogP contribution in [-0.4, -0.2) is 13.7 Å². The summed E-state index contributed by atoms with van der Waals surface area (Å²) in [5.41, 5.74) is 14.6. The Labute approximate surface area is 468 Å². The largest absolute Gasteiger partial charge is 0.456 e. The minimum absolute atomic E-state index is 0.193. The number of hydrogen-bond acceptors (Lipinski definition) is 6. The van der Waals surface area contributed by atoms with E-state index >= 15 is 0 Å². The highest BCUT2D eigenvalue weighted by Crippen LogP contribution is 2.54. The van der Waals surface area contributed by atoms with Crippen molar-refractivity contribution in [3.63, 3.8) is 0 Å². The van der Waals surface area contributed by atoms with Gasteiger partial charge in [-0.3, -0.25) is 0 Å². The molecule has 7 heterocycles. The third-order valence-electron chi connectivity index (χ3n) is 17.5. The second kappa shape index (κ2) is 16.0. The van der Waals surface area contributed by atoms with Crippen molar-refractivity contribution in [2.24, 2.45) is 0 Å². The number of fused-ring (bicyclic) bond motifs is 24. The molecule has 0 unspecified atom stereocenters. The van der Waals surface area contributed by atoms with Crippen molar-refractivity contribution >= 4 is 153 Å². The first-order chi connectivity index (χ1) is 41.1. The van der Waals surface area contributed by atoms with Gasteiger partial charge < -0.3 is 31.4 Å². The first kappa shape index (κ1) is 44.1. The quantitative estimate of drug-likeness (QED) is 0.173. The maximum absolute atomic E-state index is 12.6. The van der Waals surface area contributed by atoms with Crippen LogP contribution < -0.4 is 0 Å². The second-order valence-corrected chi connectivity index (χ2v) is 21.5. The van der Waals surface area contributed by atoms with Crippen LogP contribution in [0.25, 0.3) is 181 Å². The van der Waals surface area contributed by atoms with Crippen molar-refractivity contribution in [3.8, 4) is 40.3 Å². The molecule has 9 nitrogen and oxygen atoms in total. The third-order valence-corrected chi connectivity index (χ3v) is 17.5. The Balaban J connectivity index is 1.12. The van der Waals surface area contributed by atoms with Crippen LogP contribution in [0.3, 0.4) is 0 Å². The Morgan fingerprint density at radius 1 is 0.253 bits per heavy atom. The van der Waals surface area contributed by atoms with Crippen LogP contribution in [0.5, 0.6) is 0 Å². The van der Waals surface area contributed by atoms with Crippen molar-refractivity contribution in [2.75, 3.05) is 0 Å². The first-order valence-corrected chi connectivity index (χ1v) is 27.6. The highest BCUT2D eigenvalue weighted by molar-refractivity contribution is 6.31. The lowest BCUT2D eigenvalue weighted by Crippen LogP contribution is -2.14. The van der Waals surface area contributed by atoms with Crippen LogP contribution in [0.4, 0.5) is 0 Å². The van der Waals surface area contributed by atoms with E-state index in [1.54, 1.807) is 0 Å². The van der Waals surface area contributed by atoms with Gasteiger partial charge in [0.2, 0.25) is 0 Å². The smallest absolute Gasteiger partial charge is 0.143 e. The van der Waals surface area contributed by atoms with Gasteiger partial charge in [0.1, 0.15) is 56.8 Å². The highest BCUT2D eigenvalue weighted by Gasteiger charge is 2.36. The van der Waals surface area contributed by atoms with E-state index in [-0.39, 0.29) is 11.1 Å². The molecule has 0 bridgehead atoms. The lowest BCUT2D eigenvalue weighted by Gasteiger charge is -2.27. The van der Waals surface area contributed by atoms with E-state index in [4.69, 9.17) is 17.7 Å². The molecule has 7 aromatic heterocycles. The Kier molecular flexibility index (Phi) is 8.48. The summed E-state index contributed by atoms with van der Waals surface area (Å²) in [6, 6.07) is 82.2. The van der Waals surface area contributed by atoms with E-state index in [0.717, 1.165) is 153 Å². The Hall–Kier alpha value is -11.8. The zero-order chi connectivity index (χ0) is 54.3. The molecule has 12 aromatic carbocycles. The van der Waals surface area contributed by atoms with Gasteiger partial charge in [-0.25, -0.2) is 0 Å². The molecule has 0 atom stereocenters. The normalized spacial score (nSPS) is 12.3. The predicted octanol–water partition coefficient (Wildman–Crippen LogP) is 20.0. The fourth-order valence-corrected chi connectivity index (χ4v) is 14.3. The van der Waals surface area contributed by atoms with Crippen molar-refractivity contribution in [3.05, 3.63) is 236 Å². The number of para-hydroxylation sites is 8. The van der Waals surface area contributed by atoms with Crippen LogP contribution >= 0.6 is 0 Å². The van der Waals surface area contributed by atoms with Gasteiger partial charge in [0.15, 0.2) is 0 Å². The van der Waals surface area contributed by atoms with Gasteiger partial charge in [-0.15, -0.1) is 0 Å². The maximum Gasteiger partial charge on any atom is 0.143 e. The average Bonchev–Trinajstić information content (AvgIpc) is 2.57. The molecule has 0 saturated heterocycles. The molecule has 0 aliphatic heterocycles. The van der Waals surface area contributed by atoms with Crippen molar-refractivity contribution in [1.82, 2.24) is 13.7 Å². The monoisotopic (exact) mass is 1060 g/mol. The zero-order valence-electron chi connectivity index (χ0n) is 43.7. The number of benzene rings is 12. The molecule has 0 radical (unpaired) electrons. The molecule has 83 heavy (non-hydrogen) atoms. The molecule has 0 aliphatic rings. The Bertz CT molecular complexity index is 6230. The van der Waals surface area contributed by atoms with Crippen LogP contribution in [0.2, 0.25) is 0 Å². The second-order valence-electron chi connectivity index (χ2n) is 21.5. The van der Waals surface area contributed by atoms with E-state index in [2.05, 4.69) is 159 Å². The molecule has 0 spiro atoms. The number of rotatable bonds is 4. The third kappa shape index (κ3) is 5.57. The summed E-state index contributed by atoms with van der Waals surface area (Å²) in [6.45, 7) is 0. The number of hydrogen-bond donors (Lipinski definition) is 0. The lowest BCUT2D eigenvalue weighted by atomic mass is 9.90. The molecule has 0 fully saturated rings. The number of furan rings is 4. The minimum Gasteiger partial charge on any atom is -0.456 e. The Morgan fingerprint density at radius 2 is 0.602 bits per heavy atom. The van der Waals surface area contributed by atoms with Gasteiger partial charge in [0.25, 0.3) is 0 Å². The topological polar surface area (TPSA) is 115 Å². The SMILES string of the molecule is N#Cc1c(C#N)c(-n2c3ccccc3c3c4c(ccc32)oc2ccccc24)c(-n2c3ccccc3c3c4c(ccc32)oc2ccccc24)c(-c2cccc3c2oc2ccccc23)c1-n1c2ccccc2c2c3c(ccc21)oc1ccccc13. The molecule has 0 amide bonds. The summed E-state index contributed by atoms with van der Waals surface area (Å²) in [6.07, 6.45) is 0. The predicted molar refractivity (Wildman–Crippen MR) is 333 cm³/mol. The summed E-state index contributed by atoms with van der Waals surface area (Å²) < 4.78 is 33.9. The summed E-state index contributed by atoms with van der Waals surface area (Å²) >= 11 is 0. The summed E-state index contributed by atoms with van der Waals surface area (Å²) in [5, 5.41) is 38.6.